The Bertz CT molecular complexity index is 378. The minimum absolute atomic E-state index is 0.330. The SMILES string of the molecule is CCCC[C@H](C)CC(=O)CCCCCCCCCCCCCCCCCC(=O)O. The molecule has 0 amide bonds. The Kier molecular flexibility index (Phi) is 21.2. The van der Waals surface area contributed by atoms with Crippen molar-refractivity contribution in [1.82, 2.24) is 0 Å². The van der Waals surface area contributed by atoms with Crippen LogP contribution in [0.4, 0.5) is 0 Å². The molecule has 0 aliphatic rings. The molecule has 0 saturated carbocycles. The summed E-state index contributed by atoms with van der Waals surface area (Å²) < 4.78 is 0. The number of Topliss-reactive ketones (excluding diaryl/α,β-unsaturated/α-hetero) is 1. The zero-order valence-electron chi connectivity index (χ0n) is 19.7. The van der Waals surface area contributed by atoms with Gasteiger partial charge in [0.15, 0.2) is 0 Å². The van der Waals surface area contributed by atoms with Gasteiger partial charge in [0.1, 0.15) is 5.78 Å². The largest absolute Gasteiger partial charge is 0.481 e. The third kappa shape index (κ3) is 23.3. The number of ketones is 1. The van der Waals surface area contributed by atoms with E-state index in [2.05, 4.69) is 13.8 Å². The second kappa shape index (κ2) is 21.8. The van der Waals surface area contributed by atoms with Crippen LogP contribution in [0, 0.1) is 5.92 Å². The second-order valence-corrected chi connectivity index (χ2v) is 9.19. The first kappa shape index (κ1) is 28.1. The van der Waals surface area contributed by atoms with E-state index in [0.717, 1.165) is 32.1 Å². The van der Waals surface area contributed by atoms with Crippen LogP contribution in [0.5, 0.6) is 0 Å². The Morgan fingerprint density at radius 1 is 0.621 bits per heavy atom. The van der Waals surface area contributed by atoms with Crippen LogP contribution in [0.2, 0.25) is 0 Å². The van der Waals surface area contributed by atoms with Crippen molar-refractivity contribution in [2.45, 2.75) is 149 Å². The van der Waals surface area contributed by atoms with Gasteiger partial charge in [0, 0.05) is 19.3 Å². The average Bonchev–Trinajstić information content (AvgIpc) is 2.68. The number of rotatable bonds is 23. The van der Waals surface area contributed by atoms with Crippen molar-refractivity contribution in [2.75, 3.05) is 0 Å². The summed E-state index contributed by atoms with van der Waals surface area (Å²) in [4.78, 5) is 22.4. The number of carbonyl (C=O) groups excluding carboxylic acids is 1. The van der Waals surface area contributed by atoms with Crippen molar-refractivity contribution in [2.24, 2.45) is 5.92 Å². The first-order valence-corrected chi connectivity index (χ1v) is 12.8. The van der Waals surface area contributed by atoms with E-state index in [1.54, 1.807) is 0 Å². The minimum atomic E-state index is -0.664. The molecule has 0 rings (SSSR count). The van der Waals surface area contributed by atoms with Crippen molar-refractivity contribution in [3.63, 3.8) is 0 Å². The number of hydrogen-bond donors (Lipinski definition) is 1. The van der Waals surface area contributed by atoms with E-state index >= 15 is 0 Å². The van der Waals surface area contributed by atoms with Crippen LogP contribution in [0.3, 0.4) is 0 Å². The number of unbranched alkanes of at least 4 members (excludes halogenated alkanes) is 15. The maximum Gasteiger partial charge on any atom is 0.303 e. The third-order valence-corrected chi connectivity index (χ3v) is 5.97. The molecule has 0 aromatic rings. The highest BCUT2D eigenvalue weighted by atomic mass is 16.4. The highest BCUT2D eigenvalue weighted by molar-refractivity contribution is 5.78. The van der Waals surface area contributed by atoms with Gasteiger partial charge in [-0.2, -0.15) is 0 Å². The van der Waals surface area contributed by atoms with Crippen LogP contribution in [-0.4, -0.2) is 16.9 Å². The maximum absolute atomic E-state index is 12.0. The molecule has 3 nitrogen and oxygen atoms in total. The lowest BCUT2D eigenvalue weighted by Gasteiger charge is -2.09. The molecule has 1 atom stereocenters. The van der Waals surface area contributed by atoms with Crippen LogP contribution < -0.4 is 0 Å². The highest BCUT2D eigenvalue weighted by Gasteiger charge is 2.08. The van der Waals surface area contributed by atoms with Gasteiger partial charge in [0.05, 0.1) is 0 Å². The lowest BCUT2D eigenvalue weighted by atomic mass is 9.96. The van der Waals surface area contributed by atoms with E-state index in [0.29, 0.717) is 18.1 Å². The van der Waals surface area contributed by atoms with Gasteiger partial charge in [-0.3, -0.25) is 9.59 Å². The second-order valence-electron chi connectivity index (χ2n) is 9.19. The summed E-state index contributed by atoms with van der Waals surface area (Å²) in [6.45, 7) is 4.44. The molecule has 0 aromatic heterocycles. The van der Waals surface area contributed by atoms with Crippen molar-refractivity contribution >= 4 is 11.8 Å². The van der Waals surface area contributed by atoms with Crippen LogP contribution in [0.15, 0.2) is 0 Å². The number of aliphatic carboxylic acids is 1. The summed E-state index contributed by atoms with van der Waals surface area (Å²) in [5.41, 5.74) is 0. The number of carboxylic acid groups (broad SMARTS) is 1. The fourth-order valence-corrected chi connectivity index (χ4v) is 4.04. The fraction of sp³-hybridized carbons (Fsp3) is 0.923. The summed E-state index contributed by atoms with van der Waals surface area (Å²) in [7, 11) is 0. The van der Waals surface area contributed by atoms with E-state index < -0.39 is 5.97 Å². The molecule has 0 aliphatic carbocycles. The van der Waals surface area contributed by atoms with E-state index in [4.69, 9.17) is 5.11 Å². The van der Waals surface area contributed by atoms with Gasteiger partial charge in [-0.1, -0.05) is 117 Å². The number of hydrogen-bond acceptors (Lipinski definition) is 2. The topological polar surface area (TPSA) is 54.4 Å². The van der Waals surface area contributed by atoms with Crippen molar-refractivity contribution in [3.8, 4) is 0 Å². The van der Waals surface area contributed by atoms with Gasteiger partial charge < -0.3 is 5.11 Å². The summed E-state index contributed by atoms with van der Waals surface area (Å²) in [6.07, 6.45) is 24.4. The molecule has 0 unspecified atom stereocenters. The molecule has 0 radical (unpaired) electrons. The Morgan fingerprint density at radius 3 is 1.38 bits per heavy atom. The first-order valence-electron chi connectivity index (χ1n) is 12.8. The molecule has 172 valence electrons. The summed E-state index contributed by atoms with van der Waals surface area (Å²) in [5.74, 6) is 0.392. The quantitative estimate of drug-likeness (QED) is 0.172. The predicted molar refractivity (Wildman–Crippen MR) is 124 cm³/mol. The Morgan fingerprint density at radius 2 is 1.00 bits per heavy atom. The highest BCUT2D eigenvalue weighted by Crippen LogP contribution is 2.16. The van der Waals surface area contributed by atoms with Crippen LogP contribution in [-0.2, 0) is 9.59 Å². The Labute approximate surface area is 181 Å². The van der Waals surface area contributed by atoms with Crippen molar-refractivity contribution in [3.05, 3.63) is 0 Å². The fourth-order valence-electron chi connectivity index (χ4n) is 4.04. The van der Waals surface area contributed by atoms with Gasteiger partial charge in [0.2, 0.25) is 0 Å². The maximum atomic E-state index is 12.0. The zero-order valence-corrected chi connectivity index (χ0v) is 19.7. The molecule has 29 heavy (non-hydrogen) atoms. The van der Waals surface area contributed by atoms with Gasteiger partial charge in [-0.25, -0.2) is 0 Å². The molecule has 0 bridgehead atoms. The third-order valence-electron chi connectivity index (χ3n) is 5.97. The van der Waals surface area contributed by atoms with Crippen LogP contribution >= 0.6 is 0 Å². The predicted octanol–water partition coefficient (Wildman–Crippen LogP) is 8.49. The minimum Gasteiger partial charge on any atom is -0.481 e. The summed E-state index contributed by atoms with van der Waals surface area (Å²) >= 11 is 0. The average molecular weight is 411 g/mol. The Balaban J connectivity index is 3.18. The van der Waals surface area contributed by atoms with Crippen molar-refractivity contribution < 1.29 is 14.7 Å². The van der Waals surface area contributed by atoms with Gasteiger partial charge >= 0.3 is 5.97 Å². The van der Waals surface area contributed by atoms with Crippen molar-refractivity contribution in [1.29, 1.82) is 0 Å². The molecule has 0 saturated heterocycles. The van der Waals surface area contributed by atoms with E-state index in [9.17, 15) is 9.59 Å². The standard InChI is InChI=1S/C26H50O3/c1-3-4-20-24(2)23-25(27)21-18-16-14-12-10-8-6-5-7-9-11-13-15-17-19-22-26(28)29/h24H,3-23H2,1-2H3,(H,28,29)/t24-/m0/s1. The molecule has 0 spiro atoms. The lowest BCUT2D eigenvalue weighted by Crippen LogP contribution is -2.05. The summed E-state index contributed by atoms with van der Waals surface area (Å²) in [6, 6.07) is 0. The van der Waals surface area contributed by atoms with Crippen LogP contribution in [0.1, 0.15) is 149 Å². The molecular weight excluding hydrogens is 360 g/mol. The van der Waals surface area contributed by atoms with Gasteiger partial charge in [-0.15, -0.1) is 0 Å². The van der Waals surface area contributed by atoms with E-state index in [-0.39, 0.29) is 0 Å². The normalized spacial score (nSPS) is 12.2. The van der Waals surface area contributed by atoms with E-state index in [1.165, 1.54) is 96.3 Å². The lowest BCUT2D eigenvalue weighted by molar-refractivity contribution is -0.137. The Hall–Kier alpha value is -0.860. The van der Waals surface area contributed by atoms with Gasteiger partial charge in [-0.05, 0) is 18.8 Å². The van der Waals surface area contributed by atoms with Crippen LogP contribution in [0.25, 0.3) is 0 Å². The van der Waals surface area contributed by atoms with Gasteiger partial charge in [0.25, 0.3) is 0 Å². The molecular formula is C26H50O3. The monoisotopic (exact) mass is 410 g/mol. The first-order chi connectivity index (χ1) is 14.1. The molecule has 0 heterocycles. The molecule has 0 aliphatic heterocycles. The number of carbonyl (C=O) groups is 2. The molecule has 1 N–H and O–H groups in total. The number of carboxylic acids is 1. The molecule has 3 heteroatoms. The zero-order chi connectivity index (χ0) is 21.6. The smallest absolute Gasteiger partial charge is 0.303 e. The van der Waals surface area contributed by atoms with E-state index in [1.807, 2.05) is 0 Å². The molecule has 0 aromatic carbocycles. The molecule has 0 fully saturated rings. The summed E-state index contributed by atoms with van der Waals surface area (Å²) in [5, 5.41) is 8.58.